The normalized spacial score (nSPS) is 10.6. The van der Waals surface area contributed by atoms with Crippen LogP contribution < -0.4 is 4.74 Å². The van der Waals surface area contributed by atoms with Crippen LogP contribution in [0, 0.1) is 6.92 Å². The Bertz CT molecular complexity index is 712. The van der Waals surface area contributed by atoms with E-state index in [0.717, 1.165) is 28.3 Å². The van der Waals surface area contributed by atoms with E-state index in [0.29, 0.717) is 6.61 Å². The minimum absolute atomic E-state index is 0.668. The van der Waals surface area contributed by atoms with Crippen molar-refractivity contribution in [1.29, 1.82) is 0 Å². The van der Waals surface area contributed by atoms with Gasteiger partial charge in [0.25, 0.3) is 0 Å². The van der Waals surface area contributed by atoms with Crippen molar-refractivity contribution in [3.05, 3.63) is 60.2 Å². The van der Waals surface area contributed by atoms with Crippen molar-refractivity contribution in [1.82, 2.24) is 5.16 Å². The fourth-order valence-corrected chi connectivity index (χ4v) is 2.15. The molecule has 0 saturated carbocycles. The molecule has 0 spiro atoms. The van der Waals surface area contributed by atoms with Crippen LogP contribution in [0.5, 0.6) is 5.75 Å². The fourth-order valence-electron chi connectivity index (χ4n) is 2.15. The van der Waals surface area contributed by atoms with Crippen LogP contribution in [0.3, 0.4) is 0 Å². The number of rotatable bonds is 4. The number of hydrogen-bond donors (Lipinski definition) is 0. The van der Waals surface area contributed by atoms with Gasteiger partial charge in [-0.25, -0.2) is 0 Å². The molecule has 0 saturated heterocycles. The van der Waals surface area contributed by atoms with Crippen molar-refractivity contribution in [3.8, 4) is 28.3 Å². The van der Waals surface area contributed by atoms with E-state index >= 15 is 0 Å². The molecule has 0 N–H and O–H groups in total. The van der Waals surface area contributed by atoms with E-state index in [4.69, 9.17) is 9.26 Å². The van der Waals surface area contributed by atoms with Crippen LogP contribution in [0.25, 0.3) is 22.6 Å². The van der Waals surface area contributed by atoms with Crippen LogP contribution >= 0.6 is 0 Å². The van der Waals surface area contributed by atoms with Crippen molar-refractivity contribution >= 4 is 0 Å². The summed E-state index contributed by atoms with van der Waals surface area (Å²) in [5, 5.41) is 4.15. The molecule has 3 nitrogen and oxygen atoms in total. The molecule has 1 heterocycles. The third kappa shape index (κ3) is 2.97. The summed E-state index contributed by atoms with van der Waals surface area (Å²) in [6, 6.07) is 18.0. The lowest BCUT2D eigenvalue weighted by Crippen LogP contribution is -1.90. The SMILES string of the molecule is CCOc1ccc(-c2cc(-c3ccc(C)cc3)on2)cc1. The summed E-state index contributed by atoms with van der Waals surface area (Å²) in [5.74, 6) is 1.64. The molecule has 3 rings (SSSR count). The molecule has 2 aromatic carbocycles. The first-order chi connectivity index (χ1) is 10.3. The van der Waals surface area contributed by atoms with Gasteiger partial charge in [-0.05, 0) is 38.1 Å². The van der Waals surface area contributed by atoms with Crippen LogP contribution in [0.2, 0.25) is 0 Å². The van der Waals surface area contributed by atoms with Crippen molar-refractivity contribution in [2.24, 2.45) is 0 Å². The quantitative estimate of drug-likeness (QED) is 0.693. The Kier molecular flexibility index (Phi) is 3.73. The van der Waals surface area contributed by atoms with Gasteiger partial charge in [0.15, 0.2) is 5.76 Å². The number of hydrogen-bond acceptors (Lipinski definition) is 3. The van der Waals surface area contributed by atoms with E-state index in [-0.39, 0.29) is 0 Å². The van der Waals surface area contributed by atoms with Crippen LogP contribution in [0.15, 0.2) is 59.1 Å². The lowest BCUT2D eigenvalue weighted by molar-refractivity contribution is 0.340. The Hall–Kier alpha value is -2.55. The summed E-state index contributed by atoms with van der Waals surface area (Å²) in [6.07, 6.45) is 0. The third-order valence-electron chi connectivity index (χ3n) is 3.31. The first-order valence-corrected chi connectivity index (χ1v) is 7.03. The van der Waals surface area contributed by atoms with Crippen LogP contribution in [0.1, 0.15) is 12.5 Å². The van der Waals surface area contributed by atoms with Gasteiger partial charge in [0.1, 0.15) is 11.4 Å². The zero-order valence-electron chi connectivity index (χ0n) is 12.2. The lowest BCUT2D eigenvalue weighted by Gasteiger charge is -2.02. The van der Waals surface area contributed by atoms with E-state index in [2.05, 4.69) is 24.2 Å². The maximum Gasteiger partial charge on any atom is 0.167 e. The van der Waals surface area contributed by atoms with Gasteiger partial charge in [0, 0.05) is 17.2 Å². The highest BCUT2D eigenvalue weighted by Gasteiger charge is 2.08. The molecule has 1 aromatic heterocycles. The second-order valence-corrected chi connectivity index (χ2v) is 4.90. The molecular formula is C18H17NO2. The predicted octanol–water partition coefficient (Wildman–Crippen LogP) is 4.72. The van der Waals surface area contributed by atoms with Gasteiger partial charge in [0.05, 0.1) is 6.61 Å². The van der Waals surface area contributed by atoms with Crippen molar-refractivity contribution in [3.63, 3.8) is 0 Å². The molecule has 0 aliphatic rings. The number of aryl methyl sites for hydroxylation is 1. The molecule has 0 unspecified atom stereocenters. The molecule has 0 bridgehead atoms. The van der Waals surface area contributed by atoms with Crippen LogP contribution in [-0.4, -0.2) is 11.8 Å². The molecule has 0 fully saturated rings. The second kappa shape index (κ2) is 5.83. The molecule has 3 heteroatoms. The first kappa shape index (κ1) is 13.4. The maximum atomic E-state index is 5.44. The molecule has 21 heavy (non-hydrogen) atoms. The Morgan fingerprint density at radius 2 is 1.62 bits per heavy atom. The smallest absolute Gasteiger partial charge is 0.167 e. The third-order valence-corrected chi connectivity index (χ3v) is 3.31. The first-order valence-electron chi connectivity index (χ1n) is 7.03. The molecule has 0 radical (unpaired) electrons. The Balaban J connectivity index is 1.85. The van der Waals surface area contributed by atoms with Gasteiger partial charge in [0.2, 0.25) is 0 Å². The van der Waals surface area contributed by atoms with E-state index in [1.54, 1.807) is 0 Å². The molecule has 0 aliphatic carbocycles. The van der Waals surface area contributed by atoms with Crippen LogP contribution in [0.4, 0.5) is 0 Å². The summed E-state index contributed by atoms with van der Waals surface area (Å²) < 4.78 is 10.9. The molecule has 0 atom stereocenters. The van der Waals surface area contributed by atoms with E-state index in [9.17, 15) is 0 Å². The molecule has 106 valence electrons. The number of aromatic nitrogens is 1. The topological polar surface area (TPSA) is 35.3 Å². The minimum atomic E-state index is 0.668. The number of ether oxygens (including phenoxy) is 1. The van der Waals surface area contributed by atoms with Gasteiger partial charge >= 0.3 is 0 Å². The predicted molar refractivity (Wildman–Crippen MR) is 83.3 cm³/mol. The van der Waals surface area contributed by atoms with E-state index in [1.165, 1.54) is 5.56 Å². The van der Waals surface area contributed by atoms with Gasteiger partial charge in [-0.15, -0.1) is 0 Å². The fraction of sp³-hybridized carbons (Fsp3) is 0.167. The molecule has 0 aliphatic heterocycles. The summed E-state index contributed by atoms with van der Waals surface area (Å²) in [4.78, 5) is 0. The van der Waals surface area contributed by atoms with Gasteiger partial charge in [-0.1, -0.05) is 35.0 Å². The minimum Gasteiger partial charge on any atom is -0.494 e. The molecule has 3 aromatic rings. The number of nitrogens with zero attached hydrogens (tertiary/aromatic N) is 1. The lowest BCUT2D eigenvalue weighted by atomic mass is 10.1. The summed E-state index contributed by atoms with van der Waals surface area (Å²) in [5.41, 5.74) is 4.10. The Labute approximate surface area is 124 Å². The second-order valence-electron chi connectivity index (χ2n) is 4.90. The van der Waals surface area contributed by atoms with Crippen molar-refractivity contribution in [2.75, 3.05) is 6.61 Å². The van der Waals surface area contributed by atoms with Crippen molar-refractivity contribution < 1.29 is 9.26 Å². The highest BCUT2D eigenvalue weighted by Crippen LogP contribution is 2.27. The average molecular weight is 279 g/mol. The standard InChI is InChI=1S/C18H17NO2/c1-3-20-16-10-8-14(9-11-16)17-12-18(21-19-17)15-6-4-13(2)5-7-15/h4-12H,3H2,1-2H3. The average Bonchev–Trinajstić information content (AvgIpc) is 2.99. The zero-order chi connectivity index (χ0) is 14.7. The Morgan fingerprint density at radius 1 is 0.952 bits per heavy atom. The van der Waals surface area contributed by atoms with E-state index < -0.39 is 0 Å². The number of benzene rings is 2. The van der Waals surface area contributed by atoms with E-state index in [1.807, 2.05) is 49.4 Å². The summed E-state index contributed by atoms with van der Waals surface area (Å²) in [7, 11) is 0. The monoisotopic (exact) mass is 279 g/mol. The van der Waals surface area contributed by atoms with Crippen molar-refractivity contribution in [2.45, 2.75) is 13.8 Å². The largest absolute Gasteiger partial charge is 0.494 e. The van der Waals surface area contributed by atoms with Gasteiger partial charge in [-0.2, -0.15) is 0 Å². The van der Waals surface area contributed by atoms with Crippen LogP contribution in [-0.2, 0) is 0 Å². The summed E-state index contributed by atoms with van der Waals surface area (Å²) in [6.45, 7) is 4.70. The summed E-state index contributed by atoms with van der Waals surface area (Å²) >= 11 is 0. The molecule has 0 amide bonds. The highest BCUT2D eigenvalue weighted by molar-refractivity contribution is 5.67. The zero-order valence-corrected chi connectivity index (χ0v) is 12.2. The molecular weight excluding hydrogens is 262 g/mol. The maximum absolute atomic E-state index is 5.44. The van der Waals surface area contributed by atoms with Gasteiger partial charge in [-0.3, -0.25) is 0 Å². The highest BCUT2D eigenvalue weighted by atomic mass is 16.5. The van der Waals surface area contributed by atoms with Gasteiger partial charge < -0.3 is 9.26 Å². The Morgan fingerprint density at radius 3 is 2.29 bits per heavy atom.